The van der Waals surface area contributed by atoms with Gasteiger partial charge in [-0.15, -0.1) is 0 Å². The molecule has 1 aliphatic heterocycles. The van der Waals surface area contributed by atoms with Crippen molar-refractivity contribution in [2.75, 3.05) is 6.54 Å². The highest BCUT2D eigenvalue weighted by molar-refractivity contribution is 5.74. The zero-order valence-corrected chi connectivity index (χ0v) is 12.8. The smallest absolute Gasteiger partial charge is 0.321 e. The molecule has 1 heterocycles. The van der Waals surface area contributed by atoms with Crippen molar-refractivity contribution in [2.24, 2.45) is 17.8 Å². The Balaban J connectivity index is 1.63. The van der Waals surface area contributed by atoms with Crippen LogP contribution in [0, 0.1) is 17.8 Å². The minimum absolute atomic E-state index is 0.171. The molecular formula is C17H29NO2. The van der Waals surface area contributed by atoms with Crippen molar-refractivity contribution in [3.05, 3.63) is 0 Å². The normalized spacial score (nSPS) is 41.8. The molecule has 0 aromatic heterocycles. The molecule has 3 atom stereocenters. The van der Waals surface area contributed by atoms with Gasteiger partial charge in [-0.1, -0.05) is 26.2 Å². The molecule has 3 unspecified atom stereocenters. The first-order chi connectivity index (χ1) is 9.70. The van der Waals surface area contributed by atoms with Gasteiger partial charge in [0.1, 0.15) is 6.04 Å². The molecule has 2 saturated carbocycles. The van der Waals surface area contributed by atoms with Crippen molar-refractivity contribution in [3.63, 3.8) is 0 Å². The number of carboxylic acid groups (broad SMARTS) is 1. The molecule has 0 bridgehead atoms. The Kier molecular flexibility index (Phi) is 4.34. The number of aliphatic carboxylic acids is 1. The Morgan fingerprint density at radius 1 is 1.15 bits per heavy atom. The molecule has 3 rings (SSSR count). The number of carbonyl (C=O) groups is 1. The van der Waals surface area contributed by atoms with Crippen LogP contribution in [0.15, 0.2) is 0 Å². The zero-order valence-electron chi connectivity index (χ0n) is 12.8. The third kappa shape index (κ3) is 2.61. The summed E-state index contributed by atoms with van der Waals surface area (Å²) >= 11 is 0. The first kappa shape index (κ1) is 14.4. The topological polar surface area (TPSA) is 40.5 Å². The van der Waals surface area contributed by atoms with Crippen molar-refractivity contribution in [3.8, 4) is 0 Å². The summed E-state index contributed by atoms with van der Waals surface area (Å²) in [5.74, 6) is 1.46. The highest BCUT2D eigenvalue weighted by Crippen LogP contribution is 2.45. The van der Waals surface area contributed by atoms with Gasteiger partial charge in [0.15, 0.2) is 0 Å². The molecule has 0 aromatic carbocycles. The predicted octanol–water partition coefficient (Wildman–Crippen LogP) is 3.53. The van der Waals surface area contributed by atoms with E-state index in [0.29, 0.717) is 17.9 Å². The second-order valence-electron chi connectivity index (χ2n) is 7.30. The number of hydrogen-bond acceptors (Lipinski definition) is 2. The lowest BCUT2D eigenvalue weighted by Gasteiger charge is -2.37. The Hall–Kier alpha value is -0.570. The van der Waals surface area contributed by atoms with Crippen molar-refractivity contribution in [1.29, 1.82) is 0 Å². The van der Waals surface area contributed by atoms with Crippen LogP contribution in [0.3, 0.4) is 0 Å². The maximum absolute atomic E-state index is 11.7. The SMILES string of the molecule is CCCC1CCC(N2CC3CCCC3C2C(=O)O)CC1. The van der Waals surface area contributed by atoms with Crippen molar-refractivity contribution in [1.82, 2.24) is 4.90 Å². The summed E-state index contributed by atoms with van der Waals surface area (Å²) in [6, 6.07) is 0.380. The van der Waals surface area contributed by atoms with Gasteiger partial charge in [0.2, 0.25) is 0 Å². The summed E-state index contributed by atoms with van der Waals surface area (Å²) in [5, 5.41) is 9.66. The summed E-state index contributed by atoms with van der Waals surface area (Å²) in [5.41, 5.74) is 0. The Labute approximate surface area is 122 Å². The van der Waals surface area contributed by atoms with Crippen LogP contribution in [0.4, 0.5) is 0 Å². The number of rotatable bonds is 4. The Bertz CT molecular complexity index is 349. The van der Waals surface area contributed by atoms with Crippen LogP contribution in [-0.2, 0) is 4.79 Å². The quantitative estimate of drug-likeness (QED) is 0.856. The fourth-order valence-electron chi connectivity index (χ4n) is 5.21. The fourth-order valence-corrected chi connectivity index (χ4v) is 5.21. The van der Waals surface area contributed by atoms with E-state index in [0.717, 1.165) is 18.9 Å². The Morgan fingerprint density at radius 3 is 2.55 bits per heavy atom. The van der Waals surface area contributed by atoms with Gasteiger partial charge in [-0.2, -0.15) is 0 Å². The molecule has 114 valence electrons. The van der Waals surface area contributed by atoms with Gasteiger partial charge < -0.3 is 5.11 Å². The average molecular weight is 279 g/mol. The van der Waals surface area contributed by atoms with E-state index in [1.54, 1.807) is 0 Å². The lowest BCUT2D eigenvalue weighted by atomic mass is 9.82. The molecular weight excluding hydrogens is 250 g/mol. The fraction of sp³-hybridized carbons (Fsp3) is 0.941. The summed E-state index contributed by atoms with van der Waals surface area (Å²) < 4.78 is 0. The summed E-state index contributed by atoms with van der Waals surface area (Å²) in [7, 11) is 0. The van der Waals surface area contributed by atoms with Crippen LogP contribution >= 0.6 is 0 Å². The number of carboxylic acids is 1. The van der Waals surface area contributed by atoms with Gasteiger partial charge in [0.25, 0.3) is 0 Å². The molecule has 3 aliphatic rings. The van der Waals surface area contributed by atoms with E-state index in [1.807, 2.05) is 0 Å². The van der Waals surface area contributed by atoms with E-state index < -0.39 is 5.97 Å². The summed E-state index contributed by atoms with van der Waals surface area (Å²) in [6.07, 6.45) is 11.4. The molecule has 0 amide bonds. The van der Waals surface area contributed by atoms with Crippen LogP contribution in [-0.4, -0.2) is 34.6 Å². The lowest BCUT2D eigenvalue weighted by molar-refractivity contribution is -0.144. The summed E-state index contributed by atoms with van der Waals surface area (Å²) in [6.45, 7) is 3.33. The molecule has 3 heteroatoms. The van der Waals surface area contributed by atoms with E-state index in [9.17, 15) is 9.90 Å². The van der Waals surface area contributed by atoms with Crippen LogP contribution in [0.25, 0.3) is 0 Å². The third-order valence-corrected chi connectivity index (χ3v) is 6.16. The second kappa shape index (κ2) is 6.05. The third-order valence-electron chi connectivity index (χ3n) is 6.16. The van der Waals surface area contributed by atoms with Gasteiger partial charge in [0, 0.05) is 12.6 Å². The minimum Gasteiger partial charge on any atom is -0.480 e. The molecule has 3 nitrogen and oxygen atoms in total. The number of likely N-dealkylation sites (tertiary alicyclic amines) is 1. The van der Waals surface area contributed by atoms with Crippen molar-refractivity contribution >= 4 is 5.97 Å². The molecule has 20 heavy (non-hydrogen) atoms. The predicted molar refractivity (Wildman–Crippen MR) is 79.6 cm³/mol. The van der Waals surface area contributed by atoms with Crippen LogP contribution in [0.2, 0.25) is 0 Å². The van der Waals surface area contributed by atoms with Crippen molar-refractivity contribution in [2.45, 2.75) is 76.8 Å². The highest BCUT2D eigenvalue weighted by atomic mass is 16.4. The molecule has 0 spiro atoms. The van der Waals surface area contributed by atoms with Crippen LogP contribution in [0.5, 0.6) is 0 Å². The number of nitrogens with zero attached hydrogens (tertiary/aromatic N) is 1. The van der Waals surface area contributed by atoms with E-state index >= 15 is 0 Å². The number of fused-ring (bicyclic) bond motifs is 1. The first-order valence-corrected chi connectivity index (χ1v) is 8.69. The summed E-state index contributed by atoms with van der Waals surface area (Å²) in [4.78, 5) is 14.1. The van der Waals surface area contributed by atoms with Crippen LogP contribution in [0.1, 0.15) is 64.7 Å². The second-order valence-corrected chi connectivity index (χ2v) is 7.30. The molecule has 1 saturated heterocycles. The average Bonchev–Trinajstić information content (AvgIpc) is 2.99. The van der Waals surface area contributed by atoms with E-state index in [2.05, 4.69) is 11.8 Å². The van der Waals surface area contributed by atoms with Crippen molar-refractivity contribution < 1.29 is 9.90 Å². The van der Waals surface area contributed by atoms with Crippen LogP contribution < -0.4 is 0 Å². The minimum atomic E-state index is -0.560. The van der Waals surface area contributed by atoms with Gasteiger partial charge in [-0.25, -0.2) is 0 Å². The molecule has 1 N–H and O–H groups in total. The maximum Gasteiger partial charge on any atom is 0.321 e. The van der Waals surface area contributed by atoms with E-state index in [-0.39, 0.29) is 6.04 Å². The zero-order chi connectivity index (χ0) is 14.1. The van der Waals surface area contributed by atoms with Gasteiger partial charge in [-0.05, 0) is 56.3 Å². The number of hydrogen-bond donors (Lipinski definition) is 1. The van der Waals surface area contributed by atoms with E-state index in [4.69, 9.17) is 0 Å². The molecule has 0 aromatic rings. The standard InChI is InChI=1S/C17H29NO2/c1-2-4-12-7-9-14(10-8-12)18-11-13-5-3-6-15(13)16(18)17(19)20/h12-16H,2-11H2,1H3,(H,19,20). The van der Waals surface area contributed by atoms with Gasteiger partial charge >= 0.3 is 5.97 Å². The first-order valence-electron chi connectivity index (χ1n) is 8.69. The molecule has 0 radical (unpaired) electrons. The van der Waals surface area contributed by atoms with Gasteiger partial charge in [-0.3, -0.25) is 9.69 Å². The lowest BCUT2D eigenvalue weighted by Crippen LogP contribution is -2.46. The molecule has 3 fully saturated rings. The van der Waals surface area contributed by atoms with Gasteiger partial charge in [0.05, 0.1) is 0 Å². The maximum atomic E-state index is 11.7. The largest absolute Gasteiger partial charge is 0.480 e. The highest BCUT2D eigenvalue weighted by Gasteiger charge is 2.49. The monoisotopic (exact) mass is 279 g/mol. The Morgan fingerprint density at radius 2 is 1.90 bits per heavy atom. The molecule has 2 aliphatic carbocycles. The van der Waals surface area contributed by atoms with E-state index in [1.165, 1.54) is 51.4 Å².